The number of hydrogen-bond donors (Lipinski definition) is 1. The van der Waals surface area contributed by atoms with Crippen LogP contribution in [0.2, 0.25) is 0 Å². The summed E-state index contributed by atoms with van der Waals surface area (Å²) in [5.74, 6) is 0. The lowest BCUT2D eigenvalue weighted by atomic mass is 9.95. The van der Waals surface area contributed by atoms with Crippen LogP contribution in [0, 0.1) is 0 Å². The minimum Gasteiger partial charge on any atom is -0.381 e. The lowest BCUT2D eigenvalue weighted by Gasteiger charge is -2.24. The molecule has 0 radical (unpaired) electrons. The quantitative estimate of drug-likeness (QED) is 0.725. The topological polar surface area (TPSA) is 30.5 Å². The summed E-state index contributed by atoms with van der Waals surface area (Å²) in [4.78, 5) is 0. The van der Waals surface area contributed by atoms with Gasteiger partial charge in [-0.25, -0.2) is 0 Å². The van der Waals surface area contributed by atoms with E-state index in [0.717, 1.165) is 51.7 Å². The Bertz CT molecular complexity index is 167. The molecule has 0 spiro atoms. The molecule has 1 aliphatic heterocycles. The average molecular weight is 241 g/mol. The second kappa shape index (κ2) is 8.06. The van der Waals surface area contributed by atoms with Crippen molar-refractivity contribution in [1.29, 1.82) is 0 Å². The van der Waals surface area contributed by atoms with E-state index in [-0.39, 0.29) is 0 Å². The first kappa shape index (κ1) is 13.3. The molecule has 3 heteroatoms. The van der Waals surface area contributed by atoms with Crippen molar-refractivity contribution in [2.24, 2.45) is 0 Å². The van der Waals surface area contributed by atoms with Gasteiger partial charge in [0.25, 0.3) is 0 Å². The van der Waals surface area contributed by atoms with Crippen molar-refractivity contribution in [3.8, 4) is 0 Å². The van der Waals surface area contributed by atoms with Crippen LogP contribution in [0.1, 0.15) is 51.4 Å². The fraction of sp³-hybridized carbons (Fsp3) is 1.00. The van der Waals surface area contributed by atoms with Crippen LogP contribution in [0.3, 0.4) is 0 Å². The van der Waals surface area contributed by atoms with Crippen molar-refractivity contribution in [3.05, 3.63) is 0 Å². The highest BCUT2D eigenvalue weighted by molar-refractivity contribution is 4.71. The zero-order chi connectivity index (χ0) is 11.8. The van der Waals surface area contributed by atoms with Crippen molar-refractivity contribution in [1.82, 2.24) is 5.32 Å². The molecule has 2 aliphatic rings. The standard InChI is InChI=1S/C14H27NO2/c1-2-5-13(6-3-1)15-9-4-10-17-14-7-11-16-12-8-14/h13-15H,1-12H2. The molecule has 0 aromatic carbocycles. The Kier molecular flexibility index (Phi) is 6.32. The van der Waals surface area contributed by atoms with Gasteiger partial charge in [-0.1, -0.05) is 19.3 Å². The molecule has 0 bridgehead atoms. The number of ether oxygens (including phenoxy) is 2. The van der Waals surface area contributed by atoms with Gasteiger partial charge in [-0.2, -0.15) is 0 Å². The monoisotopic (exact) mass is 241 g/mol. The summed E-state index contributed by atoms with van der Waals surface area (Å²) in [6, 6.07) is 0.784. The van der Waals surface area contributed by atoms with Gasteiger partial charge < -0.3 is 14.8 Å². The molecule has 3 nitrogen and oxygen atoms in total. The van der Waals surface area contributed by atoms with Gasteiger partial charge in [-0.15, -0.1) is 0 Å². The Balaban J connectivity index is 1.42. The minimum absolute atomic E-state index is 0.457. The Morgan fingerprint density at radius 1 is 1.00 bits per heavy atom. The highest BCUT2D eigenvalue weighted by Gasteiger charge is 2.14. The van der Waals surface area contributed by atoms with Gasteiger partial charge in [0.1, 0.15) is 0 Å². The van der Waals surface area contributed by atoms with E-state index in [1.807, 2.05) is 0 Å². The Hall–Kier alpha value is -0.120. The summed E-state index contributed by atoms with van der Waals surface area (Å²) >= 11 is 0. The van der Waals surface area contributed by atoms with Crippen LogP contribution in [0.15, 0.2) is 0 Å². The fourth-order valence-electron chi connectivity index (χ4n) is 2.78. The van der Waals surface area contributed by atoms with Crippen LogP contribution >= 0.6 is 0 Å². The zero-order valence-electron chi connectivity index (χ0n) is 11.0. The third-order valence-corrected chi connectivity index (χ3v) is 3.88. The summed E-state index contributed by atoms with van der Waals surface area (Å²) in [5, 5.41) is 3.65. The second-order valence-electron chi connectivity index (χ2n) is 5.33. The molecular weight excluding hydrogens is 214 g/mol. The van der Waals surface area contributed by atoms with Crippen LogP contribution in [0.5, 0.6) is 0 Å². The Labute approximate surface area is 105 Å². The molecule has 1 saturated carbocycles. The van der Waals surface area contributed by atoms with E-state index in [0.29, 0.717) is 6.10 Å². The van der Waals surface area contributed by atoms with Crippen molar-refractivity contribution in [2.45, 2.75) is 63.5 Å². The predicted octanol–water partition coefficient (Wildman–Crippen LogP) is 2.49. The molecule has 100 valence electrons. The summed E-state index contributed by atoms with van der Waals surface area (Å²) in [6.07, 6.45) is 10.8. The third-order valence-electron chi connectivity index (χ3n) is 3.88. The Morgan fingerprint density at radius 2 is 1.76 bits per heavy atom. The smallest absolute Gasteiger partial charge is 0.0619 e. The highest BCUT2D eigenvalue weighted by Crippen LogP contribution is 2.17. The normalized spacial score (nSPS) is 24.0. The maximum Gasteiger partial charge on any atom is 0.0619 e. The van der Waals surface area contributed by atoms with Gasteiger partial charge in [0.2, 0.25) is 0 Å². The number of rotatable bonds is 6. The molecule has 0 aromatic heterocycles. The molecule has 1 heterocycles. The molecule has 17 heavy (non-hydrogen) atoms. The van der Waals surface area contributed by atoms with Gasteiger partial charge in [0.05, 0.1) is 6.10 Å². The molecule has 0 amide bonds. The summed E-state index contributed by atoms with van der Waals surface area (Å²) in [7, 11) is 0. The van der Waals surface area contributed by atoms with Gasteiger partial charge in [0.15, 0.2) is 0 Å². The van der Waals surface area contributed by atoms with E-state index >= 15 is 0 Å². The number of nitrogens with one attached hydrogen (secondary N) is 1. The number of hydrogen-bond acceptors (Lipinski definition) is 3. The molecule has 0 atom stereocenters. The van der Waals surface area contributed by atoms with E-state index in [4.69, 9.17) is 9.47 Å². The predicted molar refractivity (Wildman–Crippen MR) is 69.3 cm³/mol. The van der Waals surface area contributed by atoms with Gasteiger partial charge >= 0.3 is 0 Å². The van der Waals surface area contributed by atoms with Crippen LogP contribution in [-0.2, 0) is 9.47 Å². The lowest BCUT2D eigenvalue weighted by molar-refractivity contribution is -0.0323. The SMILES string of the molecule is C1CCC(NCCCOC2CCOCC2)CC1. The largest absolute Gasteiger partial charge is 0.381 e. The second-order valence-corrected chi connectivity index (χ2v) is 5.33. The third kappa shape index (κ3) is 5.36. The first-order valence-corrected chi connectivity index (χ1v) is 7.38. The minimum atomic E-state index is 0.457. The van der Waals surface area contributed by atoms with E-state index in [1.54, 1.807) is 0 Å². The van der Waals surface area contributed by atoms with Gasteiger partial charge in [0, 0.05) is 25.9 Å². The maximum absolute atomic E-state index is 5.85. The first-order valence-electron chi connectivity index (χ1n) is 7.38. The average Bonchev–Trinajstić information content (AvgIpc) is 2.41. The molecule has 1 aliphatic carbocycles. The van der Waals surface area contributed by atoms with Crippen molar-refractivity contribution in [3.63, 3.8) is 0 Å². The van der Waals surface area contributed by atoms with Gasteiger partial charge in [-0.05, 0) is 38.6 Å². The van der Waals surface area contributed by atoms with Crippen LogP contribution < -0.4 is 5.32 Å². The first-order chi connectivity index (χ1) is 8.45. The molecule has 2 fully saturated rings. The summed E-state index contributed by atoms with van der Waals surface area (Å²) < 4.78 is 11.2. The molecule has 1 N–H and O–H groups in total. The van der Waals surface area contributed by atoms with Crippen LogP contribution in [0.4, 0.5) is 0 Å². The van der Waals surface area contributed by atoms with Crippen molar-refractivity contribution in [2.75, 3.05) is 26.4 Å². The van der Waals surface area contributed by atoms with Crippen LogP contribution in [0.25, 0.3) is 0 Å². The highest BCUT2D eigenvalue weighted by atomic mass is 16.5. The fourth-order valence-corrected chi connectivity index (χ4v) is 2.78. The van der Waals surface area contributed by atoms with Crippen LogP contribution in [-0.4, -0.2) is 38.5 Å². The molecular formula is C14H27NO2. The van der Waals surface area contributed by atoms with E-state index < -0.39 is 0 Å². The summed E-state index contributed by atoms with van der Waals surface area (Å²) in [5.41, 5.74) is 0. The Morgan fingerprint density at radius 3 is 2.53 bits per heavy atom. The van der Waals surface area contributed by atoms with E-state index in [2.05, 4.69) is 5.32 Å². The maximum atomic E-state index is 5.85. The molecule has 1 saturated heterocycles. The van der Waals surface area contributed by atoms with E-state index in [1.165, 1.54) is 32.1 Å². The van der Waals surface area contributed by atoms with Gasteiger partial charge in [-0.3, -0.25) is 0 Å². The van der Waals surface area contributed by atoms with Crippen molar-refractivity contribution < 1.29 is 9.47 Å². The van der Waals surface area contributed by atoms with E-state index in [9.17, 15) is 0 Å². The molecule has 0 unspecified atom stereocenters. The summed E-state index contributed by atoms with van der Waals surface area (Å²) in [6.45, 7) is 3.79. The zero-order valence-corrected chi connectivity index (χ0v) is 11.0. The molecule has 0 aromatic rings. The molecule has 2 rings (SSSR count). The van der Waals surface area contributed by atoms with Crippen molar-refractivity contribution >= 4 is 0 Å². The lowest BCUT2D eigenvalue weighted by Crippen LogP contribution is -2.32.